The Balaban J connectivity index is 1.46. The number of Topliss-reactive ketones (excluding diaryl/α,β-unsaturated/α-hetero) is 1. The van der Waals surface area contributed by atoms with Crippen LogP contribution in [0.25, 0.3) is 0 Å². The Hall–Kier alpha value is -3.05. The SMILES string of the molecule is CC(C)(C)OC(=O)CCC(NC(=O)OC(C)(C)C)C(=O)OCC(=O)[C@@]1(O)CCC2C3CCC4=CC(=O)C=C[C@]4(C)C3C(O)C[C@@]21C. The molecule has 3 fully saturated rings. The van der Waals surface area contributed by atoms with Crippen LogP contribution in [0, 0.1) is 28.6 Å². The summed E-state index contributed by atoms with van der Waals surface area (Å²) >= 11 is 0. The first kappa shape index (κ1) is 35.8. The number of alkyl carbamates (subject to hydrolysis) is 1. The van der Waals surface area contributed by atoms with Gasteiger partial charge in [0, 0.05) is 23.2 Å². The fourth-order valence-corrected chi connectivity index (χ4v) is 8.50. The standard InChI is InChI=1S/C35H51NO10/c1-31(2,3)45-27(40)12-11-24(36-30(42)46-32(4,5)6)29(41)44-19-26(39)35(43)16-14-23-22-10-9-20-17-21(37)13-15-33(20,7)28(22)25(38)18-34(23,35)8/h13,15,17,22-25,28,38,43H,9-12,14,16,18-19H2,1-8H3,(H,36,42)/t22?,23?,24?,25?,28?,33-,34-,35-/m0/s1. The lowest BCUT2D eigenvalue weighted by atomic mass is 9.46. The third-order valence-electron chi connectivity index (χ3n) is 10.5. The molecule has 4 aliphatic rings. The summed E-state index contributed by atoms with van der Waals surface area (Å²) < 4.78 is 16.0. The van der Waals surface area contributed by atoms with Gasteiger partial charge in [-0.15, -0.1) is 0 Å². The van der Waals surface area contributed by atoms with Gasteiger partial charge in [0.05, 0.1) is 6.10 Å². The molecule has 0 bridgehead atoms. The van der Waals surface area contributed by atoms with Crippen LogP contribution in [-0.4, -0.2) is 75.4 Å². The zero-order chi connectivity index (χ0) is 34.5. The molecule has 3 N–H and O–H groups in total. The molecule has 1 amide bonds. The monoisotopic (exact) mass is 645 g/mol. The first-order chi connectivity index (χ1) is 21.1. The van der Waals surface area contributed by atoms with Crippen molar-refractivity contribution in [3.05, 3.63) is 23.8 Å². The summed E-state index contributed by atoms with van der Waals surface area (Å²) in [5, 5.41) is 26.0. The van der Waals surface area contributed by atoms with E-state index in [-0.39, 0.29) is 49.2 Å². The Morgan fingerprint density at radius 3 is 2.33 bits per heavy atom. The summed E-state index contributed by atoms with van der Waals surface area (Å²) in [5.41, 5.74) is -3.86. The van der Waals surface area contributed by atoms with Gasteiger partial charge in [0.15, 0.2) is 12.4 Å². The summed E-state index contributed by atoms with van der Waals surface area (Å²) in [4.78, 5) is 63.9. The lowest BCUT2D eigenvalue weighted by molar-refractivity contribution is -0.181. The molecule has 8 atom stereocenters. The summed E-state index contributed by atoms with van der Waals surface area (Å²) in [5.74, 6) is -2.45. The number of allylic oxidation sites excluding steroid dienone is 4. The number of fused-ring (bicyclic) bond motifs is 5. The number of nitrogens with one attached hydrogen (secondary N) is 1. The molecule has 0 heterocycles. The number of ketones is 2. The maximum absolute atomic E-state index is 13.7. The quantitative estimate of drug-likeness (QED) is 0.258. The van der Waals surface area contributed by atoms with Crippen LogP contribution in [0.3, 0.4) is 0 Å². The van der Waals surface area contributed by atoms with Crippen LogP contribution in [-0.2, 0) is 33.4 Å². The van der Waals surface area contributed by atoms with E-state index in [0.717, 1.165) is 12.0 Å². The maximum atomic E-state index is 13.7. The number of ether oxygens (including phenoxy) is 3. The largest absolute Gasteiger partial charge is 0.460 e. The minimum absolute atomic E-state index is 0.0217. The van der Waals surface area contributed by atoms with Crippen LogP contribution in [0.5, 0.6) is 0 Å². The molecule has 0 aromatic heterocycles. The lowest BCUT2D eigenvalue weighted by Gasteiger charge is -2.59. The van der Waals surface area contributed by atoms with Gasteiger partial charge in [0.25, 0.3) is 0 Å². The molecule has 256 valence electrons. The lowest BCUT2D eigenvalue weighted by Crippen LogP contribution is -2.61. The van der Waals surface area contributed by atoms with Crippen molar-refractivity contribution in [1.29, 1.82) is 0 Å². The number of carbonyl (C=O) groups is 5. The molecule has 4 rings (SSSR count). The molecule has 0 radical (unpaired) electrons. The van der Waals surface area contributed by atoms with Crippen LogP contribution >= 0.6 is 0 Å². The van der Waals surface area contributed by atoms with E-state index in [1.807, 2.05) is 13.0 Å². The Bertz CT molecular complexity index is 1320. The number of amides is 1. The number of aliphatic hydroxyl groups is 2. The number of aliphatic hydroxyl groups excluding tert-OH is 1. The number of hydrogen-bond acceptors (Lipinski definition) is 10. The van der Waals surface area contributed by atoms with E-state index in [0.29, 0.717) is 12.8 Å². The Morgan fingerprint density at radius 1 is 1.04 bits per heavy atom. The highest BCUT2D eigenvalue weighted by atomic mass is 16.6. The first-order valence-corrected chi connectivity index (χ1v) is 16.4. The number of carbonyl (C=O) groups excluding carboxylic acids is 5. The summed E-state index contributed by atoms with van der Waals surface area (Å²) in [6, 6.07) is -1.31. The van der Waals surface area contributed by atoms with E-state index < -0.39 is 70.2 Å². The van der Waals surface area contributed by atoms with Crippen LogP contribution in [0.2, 0.25) is 0 Å². The Labute approximate surface area is 271 Å². The van der Waals surface area contributed by atoms with Crippen molar-refractivity contribution < 1.29 is 48.4 Å². The van der Waals surface area contributed by atoms with Crippen molar-refractivity contribution in [3.63, 3.8) is 0 Å². The molecule has 0 aromatic rings. The van der Waals surface area contributed by atoms with Gasteiger partial charge >= 0.3 is 18.0 Å². The van der Waals surface area contributed by atoms with Crippen molar-refractivity contribution >= 4 is 29.6 Å². The molecule has 3 saturated carbocycles. The van der Waals surface area contributed by atoms with Crippen LogP contribution in [0.15, 0.2) is 23.8 Å². The molecular weight excluding hydrogens is 594 g/mol. The molecule has 0 spiro atoms. The van der Waals surface area contributed by atoms with Gasteiger partial charge in [0.1, 0.15) is 22.8 Å². The summed E-state index contributed by atoms with van der Waals surface area (Å²) in [7, 11) is 0. The molecule has 0 saturated heterocycles. The van der Waals surface area contributed by atoms with Crippen molar-refractivity contribution in [3.8, 4) is 0 Å². The molecular formula is C35H51NO10. The van der Waals surface area contributed by atoms with E-state index in [1.54, 1.807) is 53.7 Å². The molecule has 11 heteroatoms. The second-order valence-corrected chi connectivity index (χ2v) is 16.0. The molecule has 0 aliphatic heterocycles. The van der Waals surface area contributed by atoms with Gasteiger partial charge in [-0.2, -0.15) is 0 Å². The zero-order valence-electron chi connectivity index (χ0n) is 28.4. The highest BCUT2D eigenvalue weighted by molar-refractivity contribution is 6.01. The fourth-order valence-electron chi connectivity index (χ4n) is 8.50. The van der Waals surface area contributed by atoms with Gasteiger partial charge in [0.2, 0.25) is 5.78 Å². The van der Waals surface area contributed by atoms with Crippen LogP contribution in [0.4, 0.5) is 4.79 Å². The van der Waals surface area contributed by atoms with Crippen molar-refractivity contribution in [2.45, 2.75) is 129 Å². The Morgan fingerprint density at radius 2 is 1.70 bits per heavy atom. The van der Waals surface area contributed by atoms with Gasteiger partial charge in [-0.25, -0.2) is 9.59 Å². The van der Waals surface area contributed by atoms with E-state index in [1.165, 1.54) is 0 Å². The number of esters is 2. The third kappa shape index (κ3) is 7.10. The first-order valence-electron chi connectivity index (χ1n) is 16.4. The predicted octanol–water partition coefficient (Wildman–Crippen LogP) is 4.12. The number of hydrogen-bond donors (Lipinski definition) is 3. The molecule has 11 nitrogen and oxygen atoms in total. The van der Waals surface area contributed by atoms with E-state index >= 15 is 0 Å². The van der Waals surface area contributed by atoms with Gasteiger partial charge in [-0.05, 0) is 104 Å². The van der Waals surface area contributed by atoms with E-state index in [9.17, 15) is 34.2 Å². The zero-order valence-corrected chi connectivity index (χ0v) is 28.4. The minimum atomic E-state index is -1.84. The van der Waals surface area contributed by atoms with Gasteiger partial charge in [-0.1, -0.05) is 25.5 Å². The normalized spacial score (nSPS) is 34.3. The average molecular weight is 646 g/mol. The summed E-state index contributed by atoms with van der Waals surface area (Å²) in [6.45, 7) is 13.3. The predicted molar refractivity (Wildman–Crippen MR) is 167 cm³/mol. The number of rotatable bonds is 8. The van der Waals surface area contributed by atoms with Crippen LogP contribution in [0.1, 0.15) is 100 Å². The van der Waals surface area contributed by atoms with Crippen molar-refractivity contribution in [2.75, 3.05) is 6.61 Å². The molecule has 0 aromatic carbocycles. The minimum Gasteiger partial charge on any atom is -0.460 e. The maximum Gasteiger partial charge on any atom is 0.408 e. The molecule has 5 unspecified atom stereocenters. The molecule has 46 heavy (non-hydrogen) atoms. The van der Waals surface area contributed by atoms with Gasteiger partial charge in [-0.3, -0.25) is 14.4 Å². The topological polar surface area (TPSA) is 166 Å². The fraction of sp³-hybridized carbons (Fsp3) is 0.743. The second kappa shape index (κ2) is 12.5. The van der Waals surface area contributed by atoms with Gasteiger partial charge < -0.3 is 29.7 Å². The molecule has 4 aliphatic carbocycles. The smallest absolute Gasteiger partial charge is 0.408 e. The third-order valence-corrected chi connectivity index (χ3v) is 10.5. The van der Waals surface area contributed by atoms with Crippen molar-refractivity contribution in [2.24, 2.45) is 28.6 Å². The Kier molecular flexibility index (Phi) is 9.75. The van der Waals surface area contributed by atoms with Crippen molar-refractivity contribution in [1.82, 2.24) is 5.32 Å². The van der Waals surface area contributed by atoms with E-state index in [2.05, 4.69) is 12.2 Å². The summed E-state index contributed by atoms with van der Waals surface area (Å²) in [6.07, 6.45) is 5.41. The second-order valence-electron chi connectivity index (χ2n) is 16.0. The average Bonchev–Trinajstić information content (AvgIpc) is 3.18. The highest BCUT2D eigenvalue weighted by Gasteiger charge is 2.68. The van der Waals surface area contributed by atoms with Crippen LogP contribution < -0.4 is 5.32 Å². The highest BCUT2D eigenvalue weighted by Crippen LogP contribution is 2.67. The van der Waals surface area contributed by atoms with E-state index in [4.69, 9.17) is 14.2 Å².